The predicted molar refractivity (Wildman–Crippen MR) is 97.8 cm³/mol. The van der Waals surface area contributed by atoms with Gasteiger partial charge in [-0.15, -0.1) is 18.0 Å². The first-order valence-electron chi connectivity index (χ1n) is 6.74. The van der Waals surface area contributed by atoms with Gasteiger partial charge < -0.3 is 0 Å². The number of halogens is 1. The fourth-order valence-electron chi connectivity index (χ4n) is 1.99. The van der Waals surface area contributed by atoms with Gasteiger partial charge in [0.2, 0.25) is 0 Å². The van der Waals surface area contributed by atoms with E-state index in [0.29, 0.717) is 5.92 Å². The van der Waals surface area contributed by atoms with Gasteiger partial charge in [0, 0.05) is 10.3 Å². The highest BCUT2D eigenvalue weighted by atomic mass is 127. The Morgan fingerprint density at radius 2 is 1.95 bits per heavy atom. The van der Waals surface area contributed by atoms with Crippen LogP contribution in [-0.4, -0.2) is 12.5 Å². The fourth-order valence-corrected chi connectivity index (χ4v) is 4.47. The highest BCUT2D eigenvalue weighted by Gasteiger charge is 2.20. The van der Waals surface area contributed by atoms with E-state index in [4.69, 9.17) is 0 Å². The van der Waals surface area contributed by atoms with Crippen molar-refractivity contribution in [2.75, 3.05) is 4.43 Å². The van der Waals surface area contributed by atoms with Crippen LogP contribution in [0.25, 0.3) is 0 Å². The second-order valence-electron chi connectivity index (χ2n) is 5.60. The monoisotopic (exact) mass is 382 g/mol. The molecular weight excluding hydrogens is 359 g/mol. The lowest BCUT2D eigenvalue weighted by atomic mass is 10.00. The summed E-state index contributed by atoms with van der Waals surface area (Å²) >= 11 is 2.44. The zero-order chi connectivity index (χ0) is 14.3. The van der Waals surface area contributed by atoms with Gasteiger partial charge in [-0.2, -0.15) is 0 Å². The fraction of sp³-hybridized carbons (Fsp3) is 0.412. The van der Waals surface area contributed by atoms with Crippen molar-refractivity contribution in [1.82, 2.24) is 0 Å². The summed E-state index contributed by atoms with van der Waals surface area (Å²) in [4.78, 5) is 0. The van der Waals surface area contributed by atoms with Crippen LogP contribution >= 0.6 is 22.6 Å². The highest BCUT2D eigenvalue weighted by Crippen LogP contribution is 2.15. The second-order valence-corrected chi connectivity index (χ2v) is 10.8. The van der Waals surface area contributed by atoms with Crippen LogP contribution in [0.2, 0.25) is 13.1 Å². The van der Waals surface area contributed by atoms with Crippen molar-refractivity contribution >= 4 is 35.9 Å². The first-order valence-corrected chi connectivity index (χ1v) is 11.3. The van der Waals surface area contributed by atoms with Gasteiger partial charge in [-0.25, -0.2) is 0 Å². The molecule has 1 rings (SSSR count). The number of allylic oxidation sites excluding steroid dienone is 1. The molecule has 19 heavy (non-hydrogen) atoms. The quantitative estimate of drug-likeness (QED) is 0.230. The topological polar surface area (TPSA) is 0 Å². The molecule has 0 spiro atoms. The van der Waals surface area contributed by atoms with E-state index in [9.17, 15) is 0 Å². The Kier molecular flexibility index (Phi) is 6.88. The van der Waals surface area contributed by atoms with E-state index >= 15 is 0 Å². The molecule has 1 atom stereocenters. The van der Waals surface area contributed by atoms with Crippen molar-refractivity contribution in [3.8, 4) is 11.5 Å². The predicted octanol–water partition coefficient (Wildman–Crippen LogP) is 4.55. The summed E-state index contributed by atoms with van der Waals surface area (Å²) in [7, 11) is -1.62. The molecule has 0 bridgehead atoms. The Morgan fingerprint density at radius 3 is 2.47 bits per heavy atom. The van der Waals surface area contributed by atoms with E-state index in [1.165, 1.54) is 17.2 Å². The van der Waals surface area contributed by atoms with Gasteiger partial charge in [0.1, 0.15) is 0 Å². The van der Waals surface area contributed by atoms with Crippen LogP contribution in [0.1, 0.15) is 19.8 Å². The van der Waals surface area contributed by atoms with Gasteiger partial charge in [-0.1, -0.05) is 71.6 Å². The average molecular weight is 382 g/mol. The molecule has 0 aliphatic rings. The minimum atomic E-state index is -1.62. The Morgan fingerprint density at radius 1 is 1.32 bits per heavy atom. The molecule has 0 aliphatic heterocycles. The zero-order valence-electron chi connectivity index (χ0n) is 12.2. The van der Waals surface area contributed by atoms with Crippen LogP contribution in [0.3, 0.4) is 0 Å². The van der Waals surface area contributed by atoms with Crippen LogP contribution in [-0.2, 0) is 0 Å². The SMILES string of the molecule is C=C(C)CC(C#C[Si](C)(C)c1ccccc1)CCI. The van der Waals surface area contributed by atoms with Crippen LogP contribution < -0.4 is 5.19 Å². The molecule has 0 heterocycles. The van der Waals surface area contributed by atoms with Gasteiger partial charge >= 0.3 is 0 Å². The summed E-state index contributed by atoms with van der Waals surface area (Å²) in [6.45, 7) is 10.8. The Labute approximate surface area is 132 Å². The summed E-state index contributed by atoms with van der Waals surface area (Å²) in [5, 5.41) is 1.42. The lowest BCUT2D eigenvalue weighted by molar-refractivity contribution is 0.654. The van der Waals surface area contributed by atoms with Crippen LogP contribution in [0.15, 0.2) is 42.5 Å². The van der Waals surface area contributed by atoms with E-state index in [2.05, 4.69) is 91.0 Å². The number of hydrogen-bond donors (Lipinski definition) is 0. The zero-order valence-corrected chi connectivity index (χ0v) is 15.3. The summed E-state index contributed by atoms with van der Waals surface area (Å²) in [5.74, 6) is 4.01. The van der Waals surface area contributed by atoms with Crippen LogP contribution in [0.4, 0.5) is 0 Å². The van der Waals surface area contributed by atoms with Crippen LogP contribution in [0, 0.1) is 17.4 Å². The molecule has 0 fully saturated rings. The highest BCUT2D eigenvalue weighted by molar-refractivity contribution is 14.1. The molecule has 0 N–H and O–H groups in total. The van der Waals surface area contributed by atoms with Crippen LogP contribution in [0.5, 0.6) is 0 Å². The standard InChI is InChI=1S/C17H23ISi/c1-15(2)14-16(10-12-18)11-13-19(3,4)17-8-6-5-7-9-17/h5-9,16H,1,10,12,14H2,2-4H3. The minimum Gasteiger partial charge on any atom is -0.126 e. The molecule has 0 aliphatic carbocycles. The molecule has 0 saturated carbocycles. The molecule has 0 nitrogen and oxygen atoms in total. The maximum Gasteiger partial charge on any atom is 0.162 e. The number of alkyl halides is 1. The van der Waals surface area contributed by atoms with Gasteiger partial charge in [0.05, 0.1) is 0 Å². The van der Waals surface area contributed by atoms with Crippen molar-refractivity contribution in [3.63, 3.8) is 0 Å². The summed E-state index contributed by atoms with van der Waals surface area (Å²) < 4.78 is 1.16. The Balaban J connectivity index is 2.86. The van der Waals surface area contributed by atoms with Gasteiger partial charge in [0.15, 0.2) is 8.07 Å². The summed E-state index contributed by atoms with van der Waals surface area (Å²) in [6, 6.07) is 10.7. The summed E-state index contributed by atoms with van der Waals surface area (Å²) in [5.41, 5.74) is 4.85. The molecular formula is C17H23ISi. The third-order valence-corrected chi connectivity index (χ3v) is 6.31. The van der Waals surface area contributed by atoms with Gasteiger partial charge in [-0.3, -0.25) is 0 Å². The van der Waals surface area contributed by atoms with Crippen molar-refractivity contribution in [2.45, 2.75) is 32.9 Å². The van der Waals surface area contributed by atoms with E-state index in [-0.39, 0.29) is 0 Å². The molecule has 1 aromatic carbocycles. The molecule has 1 aromatic rings. The van der Waals surface area contributed by atoms with E-state index in [1.54, 1.807) is 0 Å². The van der Waals surface area contributed by atoms with Crippen molar-refractivity contribution < 1.29 is 0 Å². The lowest BCUT2D eigenvalue weighted by Gasteiger charge is -2.16. The minimum absolute atomic E-state index is 0.477. The van der Waals surface area contributed by atoms with Crippen molar-refractivity contribution in [2.24, 2.45) is 5.92 Å². The molecule has 1 unspecified atom stereocenters. The maximum atomic E-state index is 4.02. The number of hydrogen-bond acceptors (Lipinski definition) is 0. The average Bonchev–Trinajstić information content (AvgIpc) is 2.37. The number of rotatable bonds is 5. The molecule has 102 valence electrons. The molecule has 2 heteroatoms. The van der Waals surface area contributed by atoms with Gasteiger partial charge in [-0.05, 0) is 25.0 Å². The van der Waals surface area contributed by atoms with Crippen molar-refractivity contribution in [1.29, 1.82) is 0 Å². The van der Waals surface area contributed by atoms with E-state index < -0.39 is 8.07 Å². The van der Waals surface area contributed by atoms with E-state index in [1.807, 2.05) is 0 Å². The molecule has 0 aromatic heterocycles. The normalized spacial score (nSPS) is 12.4. The third-order valence-electron chi connectivity index (χ3n) is 3.14. The third kappa shape index (κ3) is 5.97. The number of benzene rings is 1. The molecule has 0 saturated heterocycles. The first-order chi connectivity index (χ1) is 8.95. The second kappa shape index (κ2) is 7.91. The Hall–Kier alpha value is -0.533. The first kappa shape index (κ1) is 16.5. The van der Waals surface area contributed by atoms with Gasteiger partial charge in [0.25, 0.3) is 0 Å². The molecule has 0 amide bonds. The summed E-state index contributed by atoms with van der Waals surface area (Å²) in [6.07, 6.45) is 2.20. The smallest absolute Gasteiger partial charge is 0.126 e. The lowest BCUT2D eigenvalue weighted by Crippen LogP contribution is -2.40. The molecule has 0 radical (unpaired) electrons. The maximum absolute atomic E-state index is 4.02. The van der Waals surface area contributed by atoms with E-state index in [0.717, 1.165) is 10.8 Å². The Bertz CT molecular complexity index is 465. The largest absolute Gasteiger partial charge is 0.162 e. The van der Waals surface area contributed by atoms with Crippen molar-refractivity contribution in [3.05, 3.63) is 42.5 Å².